The Morgan fingerprint density at radius 2 is 1.82 bits per heavy atom. The van der Waals surface area contributed by atoms with E-state index in [1.54, 1.807) is 31.4 Å². The maximum atomic E-state index is 13.2. The number of fused-ring (bicyclic) bond motifs is 1. The average molecular weight is 497 g/mol. The Morgan fingerprint density at radius 3 is 2.53 bits per heavy atom. The van der Waals surface area contributed by atoms with Crippen molar-refractivity contribution in [3.8, 4) is 5.75 Å². The lowest BCUT2D eigenvalue weighted by molar-refractivity contribution is 0.104. The highest BCUT2D eigenvalue weighted by molar-refractivity contribution is 7.92. The number of carbonyl (C=O) groups excluding carboxylic acids is 1. The Labute approximate surface area is 204 Å². The van der Waals surface area contributed by atoms with Gasteiger partial charge in [-0.2, -0.15) is 0 Å². The first kappa shape index (κ1) is 23.9. The molecule has 4 rings (SSSR count). The Morgan fingerprint density at radius 1 is 1.09 bits per heavy atom. The molecular weight excluding hydrogens is 472 g/mol. The topological polar surface area (TPSA) is 84.5 Å². The highest BCUT2D eigenvalue weighted by Crippen LogP contribution is 2.32. The number of sulfonamides is 1. The molecule has 6 nitrogen and oxygen atoms in total. The van der Waals surface area contributed by atoms with Gasteiger partial charge in [-0.3, -0.25) is 9.52 Å². The lowest BCUT2D eigenvalue weighted by atomic mass is 9.85. The van der Waals surface area contributed by atoms with E-state index in [0.717, 1.165) is 17.5 Å². The number of rotatable bonds is 6. The molecule has 0 atom stereocenters. The normalized spacial score (nSPS) is 15.8. The Bertz CT molecular complexity index is 1380. The number of hydrogen-bond donors (Lipinski definition) is 2. The number of anilines is 1. The molecule has 0 fully saturated rings. The fraction of sp³-hybridized carbons (Fsp3) is 0.192. The van der Waals surface area contributed by atoms with E-state index in [0.29, 0.717) is 27.7 Å². The summed E-state index contributed by atoms with van der Waals surface area (Å²) >= 11 is 5.85. The molecule has 8 heteroatoms. The summed E-state index contributed by atoms with van der Waals surface area (Å²) in [7, 11) is -2.22. The maximum absolute atomic E-state index is 13.2. The fourth-order valence-electron chi connectivity index (χ4n) is 3.93. The largest absolute Gasteiger partial charge is 0.497 e. The summed E-state index contributed by atoms with van der Waals surface area (Å²) in [5.74, 6) is 0.457. The second-order valence-corrected chi connectivity index (χ2v) is 10.9. The number of methoxy groups -OCH3 is 1. The minimum Gasteiger partial charge on any atom is -0.497 e. The van der Waals surface area contributed by atoms with E-state index in [1.165, 1.54) is 30.3 Å². The van der Waals surface area contributed by atoms with Gasteiger partial charge in [0.15, 0.2) is 5.78 Å². The van der Waals surface area contributed by atoms with E-state index in [4.69, 9.17) is 16.3 Å². The number of ketones is 1. The van der Waals surface area contributed by atoms with Gasteiger partial charge >= 0.3 is 0 Å². The summed E-state index contributed by atoms with van der Waals surface area (Å²) in [6, 6.07) is 18.1. The summed E-state index contributed by atoms with van der Waals surface area (Å²) in [6.07, 6.45) is 2.35. The molecule has 0 amide bonds. The molecule has 3 aromatic carbocycles. The third-order valence-corrected chi connectivity index (χ3v) is 7.16. The number of hydrogen-bond acceptors (Lipinski definition) is 5. The molecule has 0 bridgehead atoms. The van der Waals surface area contributed by atoms with E-state index in [9.17, 15) is 13.2 Å². The highest BCUT2D eigenvalue weighted by Gasteiger charge is 2.28. The third-order valence-electron chi connectivity index (χ3n) is 5.51. The number of benzene rings is 3. The van der Waals surface area contributed by atoms with Gasteiger partial charge in [-0.05, 0) is 74.4 Å². The van der Waals surface area contributed by atoms with Crippen molar-refractivity contribution < 1.29 is 17.9 Å². The summed E-state index contributed by atoms with van der Waals surface area (Å²) in [5.41, 5.74) is 3.14. The van der Waals surface area contributed by atoms with Crippen molar-refractivity contribution in [1.29, 1.82) is 0 Å². The first-order valence-corrected chi connectivity index (χ1v) is 12.5. The number of nitrogens with one attached hydrogen (secondary N) is 2. The van der Waals surface area contributed by atoms with Gasteiger partial charge in [0, 0.05) is 39.1 Å². The molecule has 3 aromatic rings. The standard InChI is InChI=1S/C26H25ClN2O4S/c1-26(2)16-18-7-10-21(33-3)14-23(18)24(28-26)15-25(30)17-5-4-6-20(13-17)29-34(31,32)22-11-8-19(27)9-12-22/h4-15,28-29H,16H2,1-3H3/b24-15-. The first-order chi connectivity index (χ1) is 16.1. The van der Waals surface area contributed by atoms with Crippen LogP contribution in [0.2, 0.25) is 5.02 Å². The lowest BCUT2D eigenvalue weighted by Crippen LogP contribution is -2.43. The minimum absolute atomic E-state index is 0.0786. The number of allylic oxidation sites excluding steroid dienone is 1. The van der Waals surface area contributed by atoms with Crippen molar-refractivity contribution in [2.45, 2.75) is 30.7 Å². The zero-order chi connectivity index (χ0) is 24.5. The molecule has 2 N–H and O–H groups in total. The Kier molecular flexibility index (Phi) is 6.43. The van der Waals surface area contributed by atoms with Crippen molar-refractivity contribution in [2.75, 3.05) is 11.8 Å². The van der Waals surface area contributed by atoms with Gasteiger partial charge in [-0.1, -0.05) is 29.8 Å². The van der Waals surface area contributed by atoms with Crippen LogP contribution in [-0.4, -0.2) is 26.8 Å². The van der Waals surface area contributed by atoms with Crippen LogP contribution in [0.1, 0.15) is 35.3 Å². The molecule has 0 radical (unpaired) electrons. The van der Waals surface area contributed by atoms with E-state index in [-0.39, 0.29) is 16.2 Å². The summed E-state index contributed by atoms with van der Waals surface area (Å²) < 4.78 is 33.3. The summed E-state index contributed by atoms with van der Waals surface area (Å²) in [6.45, 7) is 4.15. The molecule has 0 unspecified atom stereocenters. The van der Waals surface area contributed by atoms with Crippen LogP contribution in [-0.2, 0) is 16.4 Å². The van der Waals surface area contributed by atoms with Crippen LogP contribution in [0, 0.1) is 0 Å². The first-order valence-electron chi connectivity index (χ1n) is 10.7. The molecule has 1 aliphatic rings. The second kappa shape index (κ2) is 9.16. The van der Waals surface area contributed by atoms with Crippen molar-refractivity contribution in [1.82, 2.24) is 5.32 Å². The molecule has 0 aliphatic carbocycles. The van der Waals surface area contributed by atoms with Gasteiger partial charge in [0.2, 0.25) is 0 Å². The molecular formula is C26H25ClN2O4S. The molecule has 1 heterocycles. The monoisotopic (exact) mass is 496 g/mol. The number of ether oxygens (including phenoxy) is 1. The molecule has 176 valence electrons. The molecule has 0 aromatic heterocycles. The SMILES string of the molecule is COc1ccc2c(c1)/C(=C/C(=O)c1cccc(NS(=O)(=O)c3ccc(Cl)cc3)c1)NC(C)(C)C2. The fourth-order valence-corrected chi connectivity index (χ4v) is 5.11. The van der Waals surface area contributed by atoms with Gasteiger partial charge < -0.3 is 10.1 Å². The minimum atomic E-state index is -3.82. The molecule has 34 heavy (non-hydrogen) atoms. The highest BCUT2D eigenvalue weighted by atomic mass is 35.5. The smallest absolute Gasteiger partial charge is 0.261 e. The predicted molar refractivity (Wildman–Crippen MR) is 135 cm³/mol. The summed E-state index contributed by atoms with van der Waals surface area (Å²) in [4.78, 5) is 13.3. The van der Waals surface area contributed by atoms with Crippen molar-refractivity contribution in [2.24, 2.45) is 0 Å². The molecule has 0 saturated carbocycles. The van der Waals surface area contributed by atoms with Crippen LogP contribution in [0.5, 0.6) is 5.75 Å². The lowest BCUT2D eigenvalue weighted by Gasteiger charge is -2.35. The molecule has 0 spiro atoms. The van der Waals surface area contributed by atoms with Crippen molar-refractivity contribution in [3.05, 3.63) is 94.5 Å². The van der Waals surface area contributed by atoms with Crippen LogP contribution in [0.4, 0.5) is 5.69 Å². The summed E-state index contributed by atoms with van der Waals surface area (Å²) in [5, 5.41) is 3.89. The van der Waals surface area contributed by atoms with Crippen molar-refractivity contribution in [3.63, 3.8) is 0 Å². The van der Waals surface area contributed by atoms with Crippen LogP contribution in [0.25, 0.3) is 5.70 Å². The van der Waals surface area contributed by atoms with Crippen LogP contribution < -0.4 is 14.8 Å². The van der Waals surface area contributed by atoms with Crippen LogP contribution in [0.15, 0.2) is 77.7 Å². The predicted octanol–water partition coefficient (Wildman–Crippen LogP) is 5.30. The van der Waals surface area contributed by atoms with Gasteiger partial charge in [0.25, 0.3) is 10.0 Å². The van der Waals surface area contributed by atoms with Gasteiger partial charge in [-0.15, -0.1) is 0 Å². The molecule has 1 aliphatic heterocycles. The Balaban J connectivity index is 1.63. The molecule has 0 saturated heterocycles. The zero-order valence-electron chi connectivity index (χ0n) is 19.1. The van der Waals surface area contributed by atoms with Crippen LogP contribution >= 0.6 is 11.6 Å². The van der Waals surface area contributed by atoms with E-state index >= 15 is 0 Å². The van der Waals surface area contributed by atoms with Gasteiger partial charge in [0.05, 0.1) is 12.0 Å². The zero-order valence-corrected chi connectivity index (χ0v) is 20.6. The van der Waals surface area contributed by atoms with Crippen molar-refractivity contribution >= 4 is 38.8 Å². The second-order valence-electron chi connectivity index (χ2n) is 8.77. The number of carbonyl (C=O) groups is 1. The third kappa shape index (κ3) is 5.26. The quantitative estimate of drug-likeness (QED) is 0.357. The van der Waals surface area contributed by atoms with E-state index < -0.39 is 10.0 Å². The van der Waals surface area contributed by atoms with E-state index in [2.05, 4.69) is 23.9 Å². The van der Waals surface area contributed by atoms with E-state index in [1.807, 2.05) is 18.2 Å². The Hall–Kier alpha value is -3.29. The van der Waals surface area contributed by atoms with Gasteiger partial charge in [-0.25, -0.2) is 8.42 Å². The van der Waals surface area contributed by atoms with Gasteiger partial charge in [0.1, 0.15) is 5.75 Å². The average Bonchev–Trinajstić information content (AvgIpc) is 2.78. The number of halogens is 1. The van der Waals surface area contributed by atoms with Crippen LogP contribution in [0.3, 0.4) is 0 Å². The maximum Gasteiger partial charge on any atom is 0.261 e.